The fraction of sp³-hybridized carbons (Fsp3) is 0.565. The second-order valence-electron chi connectivity index (χ2n) is 8.33. The predicted molar refractivity (Wildman–Crippen MR) is 112 cm³/mol. The van der Waals surface area contributed by atoms with E-state index in [2.05, 4.69) is 52.5 Å². The van der Waals surface area contributed by atoms with Crippen molar-refractivity contribution in [2.24, 2.45) is 11.8 Å². The number of hydrogen-bond acceptors (Lipinski definition) is 4. The number of anilines is 2. The standard InChI is InChI=1S/C23H32N4/c1-2-16-11-13-17(14-12-16)15-25-22-20-10-6-9-19(18-7-4-3-5-8-18)21(20)26-23(24)27-22/h3-5,7-8,16-17,19H,2,6,9-15H2,1H3,(H3,24,25,26,27). The van der Waals surface area contributed by atoms with Crippen LogP contribution in [0.4, 0.5) is 11.8 Å². The van der Waals surface area contributed by atoms with Gasteiger partial charge in [0.05, 0.1) is 5.69 Å². The lowest BCUT2D eigenvalue weighted by Gasteiger charge is -2.30. The molecule has 0 saturated heterocycles. The van der Waals surface area contributed by atoms with E-state index < -0.39 is 0 Å². The highest BCUT2D eigenvalue weighted by atomic mass is 15.1. The van der Waals surface area contributed by atoms with Crippen molar-refractivity contribution in [2.45, 2.75) is 64.2 Å². The van der Waals surface area contributed by atoms with Gasteiger partial charge in [-0.2, -0.15) is 4.98 Å². The van der Waals surface area contributed by atoms with Crippen LogP contribution in [0.3, 0.4) is 0 Å². The van der Waals surface area contributed by atoms with Gasteiger partial charge in [-0.25, -0.2) is 4.98 Å². The first kappa shape index (κ1) is 18.3. The van der Waals surface area contributed by atoms with E-state index >= 15 is 0 Å². The number of hydrogen-bond donors (Lipinski definition) is 2. The zero-order valence-corrected chi connectivity index (χ0v) is 16.5. The van der Waals surface area contributed by atoms with E-state index in [1.807, 2.05) is 0 Å². The van der Waals surface area contributed by atoms with Crippen LogP contribution in [-0.2, 0) is 6.42 Å². The van der Waals surface area contributed by atoms with Crippen LogP contribution in [0.2, 0.25) is 0 Å². The Morgan fingerprint density at radius 3 is 2.48 bits per heavy atom. The average Bonchev–Trinajstić information content (AvgIpc) is 2.72. The Bertz CT molecular complexity index is 750. The summed E-state index contributed by atoms with van der Waals surface area (Å²) in [4.78, 5) is 9.26. The Balaban J connectivity index is 1.52. The molecule has 2 aromatic rings. The molecule has 0 radical (unpaired) electrons. The molecule has 0 spiro atoms. The van der Waals surface area contributed by atoms with Gasteiger partial charge < -0.3 is 11.1 Å². The molecule has 1 aromatic carbocycles. The van der Waals surface area contributed by atoms with E-state index in [0.717, 1.165) is 42.7 Å². The molecule has 1 saturated carbocycles. The number of benzene rings is 1. The maximum Gasteiger partial charge on any atom is 0.222 e. The molecule has 1 fully saturated rings. The van der Waals surface area contributed by atoms with Gasteiger partial charge in [0.2, 0.25) is 5.95 Å². The van der Waals surface area contributed by atoms with Crippen LogP contribution in [-0.4, -0.2) is 16.5 Å². The third kappa shape index (κ3) is 4.10. The van der Waals surface area contributed by atoms with E-state index in [1.165, 1.54) is 49.7 Å². The summed E-state index contributed by atoms with van der Waals surface area (Å²) in [6, 6.07) is 10.7. The SMILES string of the molecule is CCC1CCC(CNc2nc(N)nc3c2CCCC3c2ccccc2)CC1. The summed E-state index contributed by atoms with van der Waals surface area (Å²) < 4.78 is 0. The second kappa shape index (κ2) is 8.28. The summed E-state index contributed by atoms with van der Waals surface area (Å²) in [6.07, 6.45) is 10.1. The zero-order valence-electron chi connectivity index (χ0n) is 16.5. The van der Waals surface area contributed by atoms with E-state index in [0.29, 0.717) is 11.9 Å². The zero-order chi connectivity index (χ0) is 18.6. The molecular weight excluding hydrogens is 332 g/mol. The molecule has 0 bridgehead atoms. The minimum absolute atomic E-state index is 0.334. The highest BCUT2D eigenvalue weighted by molar-refractivity contribution is 5.53. The number of nitrogen functional groups attached to an aromatic ring is 1. The molecule has 1 heterocycles. The van der Waals surface area contributed by atoms with Crippen molar-refractivity contribution < 1.29 is 0 Å². The minimum Gasteiger partial charge on any atom is -0.369 e. The maximum absolute atomic E-state index is 6.11. The smallest absolute Gasteiger partial charge is 0.222 e. The van der Waals surface area contributed by atoms with Gasteiger partial charge in [0.1, 0.15) is 5.82 Å². The largest absolute Gasteiger partial charge is 0.369 e. The molecule has 2 aliphatic carbocycles. The Labute approximate surface area is 163 Å². The third-order valence-corrected chi connectivity index (χ3v) is 6.61. The summed E-state index contributed by atoms with van der Waals surface area (Å²) in [7, 11) is 0. The van der Waals surface area contributed by atoms with Gasteiger partial charge in [-0.15, -0.1) is 0 Å². The highest BCUT2D eigenvalue weighted by Crippen LogP contribution is 2.38. The van der Waals surface area contributed by atoms with E-state index in [1.54, 1.807) is 0 Å². The fourth-order valence-corrected chi connectivity index (χ4v) is 4.91. The lowest BCUT2D eigenvalue weighted by molar-refractivity contribution is 0.278. The molecule has 3 N–H and O–H groups in total. The molecule has 4 nitrogen and oxygen atoms in total. The molecule has 1 unspecified atom stereocenters. The van der Waals surface area contributed by atoms with Crippen molar-refractivity contribution in [1.82, 2.24) is 9.97 Å². The number of nitrogens with one attached hydrogen (secondary N) is 1. The van der Waals surface area contributed by atoms with Gasteiger partial charge in [0.15, 0.2) is 0 Å². The van der Waals surface area contributed by atoms with Gasteiger partial charge in [0, 0.05) is 18.0 Å². The monoisotopic (exact) mass is 364 g/mol. The molecule has 4 heteroatoms. The maximum atomic E-state index is 6.11. The van der Waals surface area contributed by atoms with Gasteiger partial charge in [0.25, 0.3) is 0 Å². The third-order valence-electron chi connectivity index (χ3n) is 6.61. The number of nitrogens with two attached hydrogens (primary N) is 1. The van der Waals surface area contributed by atoms with E-state index in [-0.39, 0.29) is 0 Å². The molecular formula is C23H32N4. The van der Waals surface area contributed by atoms with Gasteiger partial charge >= 0.3 is 0 Å². The number of rotatable bonds is 5. The predicted octanol–water partition coefficient (Wildman–Crippen LogP) is 5.16. The molecule has 144 valence electrons. The molecule has 1 aromatic heterocycles. The quantitative estimate of drug-likeness (QED) is 0.769. The Kier molecular flexibility index (Phi) is 5.61. The summed E-state index contributed by atoms with van der Waals surface area (Å²) in [6.45, 7) is 3.33. The summed E-state index contributed by atoms with van der Waals surface area (Å²) in [5.74, 6) is 3.41. The van der Waals surface area contributed by atoms with Crippen LogP contribution < -0.4 is 11.1 Å². The van der Waals surface area contributed by atoms with Gasteiger partial charge in [-0.05, 0) is 49.5 Å². The van der Waals surface area contributed by atoms with Gasteiger partial charge in [-0.1, -0.05) is 56.5 Å². The van der Waals surface area contributed by atoms with Crippen molar-refractivity contribution in [3.8, 4) is 0 Å². The normalized spacial score (nSPS) is 25.0. The van der Waals surface area contributed by atoms with Crippen molar-refractivity contribution in [3.63, 3.8) is 0 Å². The molecule has 0 amide bonds. The van der Waals surface area contributed by atoms with E-state index in [9.17, 15) is 0 Å². The first-order chi connectivity index (χ1) is 13.2. The van der Waals surface area contributed by atoms with Crippen LogP contribution >= 0.6 is 0 Å². The first-order valence-electron chi connectivity index (χ1n) is 10.7. The van der Waals surface area contributed by atoms with Crippen LogP contribution in [0.15, 0.2) is 30.3 Å². The number of nitrogens with zero attached hydrogens (tertiary/aromatic N) is 2. The first-order valence-corrected chi connectivity index (χ1v) is 10.7. The van der Waals surface area contributed by atoms with Crippen molar-refractivity contribution >= 4 is 11.8 Å². The Hall–Kier alpha value is -2.10. The lowest BCUT2D eigenvalue weighted by Crippen LogP contribution is -2.23. The van der Waals surface area contributed by atoms with Crippen molar-refractivity contribution in [2.75, 3.05) is 17.6 Å². The fourth-order valence-electron chi connectivity index (χ4n) is 4.91. The second-order valence-corrected chi connectivity index (χ2v) is 8.33. The molecule has 0 aliphatic heterocycles. The van der Waals surface area contributed by atoms with Gasteiger partial charge in [-0.3, -0.25) is 0 Å². The molecule has 2 aliphatic rings. The lowest BCUT2D eigenvalue weighted by atomic mass is 9.80. The van der Waals surface area contributed by atoms with Crippen molar-refractivity contribution in [1.29, 1.82) is 0 Å². The topological polar surface area (TPSA) is 63.8 Å². The Morgan fingerprint density at radius 2 is 1.74 bits per heavy atom. The molecule has 27 heavy (non-hydrogen) atoms. The summed E-state index contributed by atoms with van der Waals surface area (Å²) in [5, 5.41) is 3.66. The number of fused-ring (bicyclic) bond motifs is 1. The van der Waals surface area contributed by atoms with Crippen LogP contribution in [0, 0.1) is 11.8 Å². The van der Waals surface area contributed by atoms with Crippen molar-refractivity contribution in [3.05, 3.63) is 47.2 Å². The highest BCUT2D eigenvalue weighted by Gasteiger charge is 2.27. The molecule has 4 rings (SSSR count). The van der Waals surface area contributed by atoms with Crippen LogP contribution in [0.25, 0.3) is 0 Å². The average molecular weight is 365 g/mol. The Morgan fingerprint density at radius 1 is 1.00 bits per heavy atom. The minimum atomic E-state index is 0.334. The molecule has 1 atom stereocenters. The summed E-state index contributed by atoms with van der Waals surface area (Å²) in [5.41, 5.74) is 9.86. The van der Waals surface area contributed by atoms with E-state index in [4.69, 9.17) is 5.73 Å². The summed E-state index contributed by atoms with van der Waals surface area (Å²) >= 11 is 0. The van der Waals surface area contributed by atoms with Crippen LogP contribution in [0.1, 0.15) is 74.6 Å². The number of aromatic nitrogens is 2. The van der Waals surface area contributed by atoms with Crippen LogP contribution in [0.5, 0.6) is 0 Å².